The van der Waals surface area contributed by atoms with Crippen LogP contribution in [-0.4, -0.2) is 6.04 Å². The van der Waals surface area contributed by atoms with Gasteiger partial charge in [-0.3, -0.25) is 0 Å². The van der Waals surface area contributed by atoms with Gasteiger partial charge in [0.25, 0.3) is 0 Å². The van der Waals surface area contributed by atoms with Crippen molar-refractivity contribution < 1.29 is 0 Å². The molecule has 4 atom stereocenters. The van der Waals surface area contributed by atoms with Crippen LogP contribution in [-0.2, 0) is 6.54 Å². The summed E-state index contributed by atoms with van der Waals surface area (Å²) in [5.74, 6) is 2.69. The Morgan fingerprint density at radius 1 is 1.47 bits per heavy atom. The fourth-order valence-electron chi connectivity index (χ4n) is 4.25. The van der Waals surface area contributed by atoms with Crippen molar-refractivity contribution in [3.8, 4) is 0 Å². The maximum atomic E-state index is 3.82. The smallest absolute Gasteiger partial charge is 0.0302 e. The van der Waals surface area contributed by atoms with Gasteiger partial charge < -0.3 is 5.32 Å². The molecule has 1 aromatic heterocycles. The molecule has 0 aromatic carbocycles. The third-order valence-electron chi connectivity index (χ3n) is 5.80. The summed E-state index contributed by atoms with van der Waals surface area (Å²) in [5, 5.41) is 5.99. The largest absolute Gasteiger partial charge is 0.309 e. The molecule has 1 nitrogen and oxygen atoms in total. The molecule has 1 N–H and O–H groups in total. The van der Waals surface area contributed by atoms with Crippen LogP contribution in [0.25, 0.3) is 6.08 Å². The summed E-state index contributed by atoms with van der Waals surface area (Å²) >= 11 is 1.84. The second kappa shape index (κ2) is 4.75. The van der Waals surface area contributed by atoms with Gasteiger partial charge in [0.2, 0.25) is 0 Å². The highest BCUT2D eigenvalue weighted by atomic mass is 32.1. The normalized spacial score (nSPS) is 35.7. The van der Waals surface area contributed by atoms with Crippen molar-refractivity contribution in [3.05, 3.63) is 28.5 Å². The number of rotatable bonds is 4. The fraction of sp³-hybridized carbons (Fsp3) is 0.647. The number of nitrogens with one attached hydrogen (secondary N) is 1. The minimum Gasteiger partial charge on any atom is -0.309 e. The molecule has 4 rings (SSSR count). The highest BCUT2D eigenvalue weighted by Crippen LogP contribution is 2.61. The molecule has 19 heavy (non-hydrogen) atoms. The van der Waals surface area contributed by atoms with Gasteiger partial charge in [0.15, 0.2) is 0 Å². The predicted molar refractivity (Wildman–Crippen MR) is 84.2 cm³/mol. The van der Waals surface area contributed by atoms with E-state index in [-0.39, 0.29) is 0 Å². The standard InChI is InChI=1S/C17H25NS/c1-5-12-6-14(19-10-12)9-18-16-8-13-7-15(11(16)2)17(13,3)4/h5-6,10-11,13,15-16,18H,1,7-9H2,2-4H3/t11-,13-,15+,16-/m1/s1. The maximum absolute atomic E-state index is 3.82. The molecule has 0 radical (unpaired) electrons. The molecule has 3 aliphatic rings. The fourth-order valence-corrected chi connectivity index (χ4v) is 5.07. The Morgan fingerprint density at radius 2 is 2.26 bits per heavy atom. The van der Waals surface area contributed by atoms with Crippen LogP contribution in [0.4, 0.5) is 0 Å². The quantitative estimate of drug-likeness (QED) is 0.850. The van der Waals surface area contributed by atoms with Crippen LogP contribution in [0.1, 0.15) is 44.1 Å². The second-order valence-electron chi connectivity index (χ2n) is 6.99. The lowest BCUT2D eigenvalue weighted by Crippen LogP contribution is -2.59. The van der Waals surface area contributed by atoms with Crippen LogP contribution < -0.4 is 5.32 Å². The van der Waals surface area contributed by atoms with Crippen molar-refractivity contribution >= 4 is 17.4 Å². The Hall–Kier alpha value is -0.600. The van der Waals surface area contributed by atoms with Gasteiger partial charge in [0.1, 0.15) is 0 Å². The molecular weight excluding hydrogens is 250 g/mol. The third kappa shape index (κ3) is 2.19. The van der Waals surface area contributed by atoms with Crippen molar-refractivity contribution in [1.82, 2.24) is 5.32 Å². The van der Waals surface area contributed by atoms with Crippen molar-refractivity contribution in [2.75, 3.05) is 0 Å². The van der Waals surface area contributed by atoms with Gasteiger partial charge in [-0.15, -0.1) is 11.3 Å². The molecule has 3 saturated carbocycles. The number of thiophene rings is 1. The molecular formula is C17H25NS. The lowest BCUT2D eigenvalue weighted by molar-refractivity contribution is -0.115. The van der Waals surface area contributed by atoms with E-state index in [2.05, 4.69) is 44.1 Å². The summed E-state index contributed by atoms with van der Waals surface area (Å²) < 4.78 is 0. The van der Waals surface area contributed by atoms with Crippen molar-refractivity contribution in [2.45, 2.75) is 46.2 Å². The Labute approximate surface area is 121 Å². The van der Waals surface area contributed by atoms with Crippen molar-refractivity contribution in [1.29, 1.82) is 0 Å². The molecule has 3 aliphatic carbocycles. The molecule has 104 valence electrons. The molecule has 3 fully saturated rings. The summed E-state index contributed by atoms with van der Waals surface area (Å²) in [4.78, 5) is 1.43. The Bertz CT molecular complexity index is 473. The first-order valence-electron chi connectivity index (χ1n) is 7.45. The summed E-state index contributed by atoms with van der Waals surface area (Å²) in [6.07, 6.45) is 4.76. The van der Waals surface area contributed by atoms with Crippen LogP contribution in [0.2, 0.25) is 0 Å². The number of fused-ring (bicyclic) bond motifs is 2. The highest BCUT2D eigenvalue weighted by molar-refractivity contribution is 7.10. The van der Waals surface area contributed by atoms with Crippen LogP contribution in [0.15, 0.2) is 18.0 Å². The van der Waals surface area contributed by atoms with E-state index < -0.39 is 0 Å². The van der Waals surface area contributed by atoms with Gasteiger partial charge in [-0.2, -0.15) is 0 Å². The minimum atomic E-state index is 0.594. The first-order valence-corrected chi connectivity index (χ1v) is 8.33. The van der Waals surface area contributed by atoms with E-state index in [1.165, 1.54) is 23.3 Å². The van der Waals surface area contributed by atoms with E-state index in [1.807, 2.05) is 17.4 Å². The summed E-state index contributed by atoms with van der Waals surface area (Å²) in [5.41, 5.74) is 1.85. The first-order chi connectivity index (χ1) is 9.02. The van der Waals surface area contributed by atoms with Crippen molar-refractivity contribution in [2.24, 2.45) is 23.2 Å². The predicted octanol–water partition coefficient (Wildman–Crippen LogP) is 4.55. The zero-order valence-electron chi connectivity index (χ0n) is 12.3. The lowest BCUT2D eigenvalue weighted by atomic mass is 9.45. The highest BCUT2D eigenvalue weighted by Gasteiger charge is 2.55. The molecule has 1 aromatic rings. The van der Waals surface area contributed by atoms with E-state index >= 15 is 0 Å². The van der Waals surface area contributed by atoms with Gasteiger partial charge in [-0.25, -0.2) is 0 Å². The van der Waals surface area contributed by atoms with E-state index in [0.29, 0.717) is 11.5 Å². The molecule has 2 bridgehead atoms. The molecule has 0 saturated heterocycles. The Balaban J connectivity index is 1.58. The van der Waals surface area contributed by atoms with Gasteiger partial charge in [0.05, 0.1) is 0 Å². The molecule has 2 heteroatoms. The van der Waals surface area contributed by atoms with Gasteiger partial charge in [-0.05, 0) is 53.0 Å². The number of hydrogen-bond donors (Lipinski definition) is 1. The topological polar surface area (TPSA) is 12.0 Å². The van der Waals surface area contributed by atoms with Gasteiger partial charge in [-0.1, -0.05) is 33.4 Å². The first kappa shape index (κ1) is 13.4. The Morgan fingerprint density at radius 3 is 2.84 bits per heavy atom. The van der Waals surface area contributed by atoms with Crippen LogP contribution in [0.5, 0.6) is 0 Å². The van der Waals surface area contributed by atoms with Crippen molar-refractivity contribution in [3.63, 3.8) is 0 Å². The third-order valence-corrected chi connectivity index (χ3v) is 6.76. The van der Waals surface area contributed by atoms with E-state index in [4.69, 9.17) is 0 Å². The zero-order chi connectivity index (χ0) is 13.6. The molecule has 0 unspecified atom stereocenters. The number of hydrogen-bond acceptors (Lipinski definition) is 2. The van der Waals surface area contributed by atoms with Gasteiger partial charge in [0, 0.05) is 17.5 Å². The SMILES string of the molecule is C=Cc1csc(CN[C@@H]2C[C@H]3C[C@@H]([C@H]2C)C3(C)C)c1. The van der Waals surface area contributed by atoms with E-state index in [0.717, 1.165) is 24.3 Å². The molecule has 0 aliphatic heterocycles. The average Bonchev–Trinajstić information content (AvgIpc) is 2.84. The van der Waals surface area contributed by atoms with E-state index in [1.54, 1.807) is 0 Å². The summed E-state index contributed by atoms with van der Waals surface area (Å²) in [6, 6.07) is 2.97. The zero-order valence-corrected chi connectivity index (χ0v) is 13.1. The van der Waals surface area contributed by atoms with Gasteiger partial charge >= 0.3 is 0 Å². The summed E-state index contributed by atoms with van der Waals surface area (Å²) in [6.45, 7) is 12.2. The molecule has 0 spiro atoms. The van der Waals surface area contributed by atoms with E-state index in [9.17, 15) is 0 Å². The minimum absolute atomic E-state index is 0.594. The molecule has 1 heterocycles. The second-order valence-corrected chi connectivity index (χ2v) is 7.99. The Kier molecular flexibility index (Phi) is 3.34. The van der Waals surface area contributed by atoms with Crippen LogP contribution in [0, 0.1) is 23.2 Å². The average molecular weight is 275 g/mol. The monoisotopic (exact) mass is 275 g/mol. The summed E-state index contributed by atoms with van der Waals surface area (Å²) in [7, 11) is 0. The lowest BCUT2D eigenvalue weighted by Gasteiger charge is -2.62. The van der Waals surface area contributed by atoms with Crippen LogP contribution in [0.3, 0.4) is 0 Å². The maximum Gasteiger partial charge on any atom is 0.0302 e. The molecule has 0 amide bonds. The van der Waals surface area contributed by atoms with Crippen LogP contribution >= 0.6 is 11.3 Å².